The molecule has 1 unspecified atom stereocenters. The highest BCUT2D eigenvalue weighted by Crippen LogP contribution is 2.20. The SMILES string of the molecule is CCN(CC)c1ccc(CNC(=O)NC(C)c2cnn(C)c2)cc1F. The summed E-state index contributed by atoms with van der Waals surface area (Å²) in [5, 5.41) is 9.67. The molecule has 2 rings (SSSR count). The number of carbonyl (C=O) groups excluding carboxylic acids is 1. The topological polar surface area (TPSA) is 62.2 Å². The summed E-state index contributed by atoms with van der Waals surface area (Å²) in [5.74, 6) is -0.271. The number of halogens is 1. The first-order chi connectivity index (χ1) is 11.9. The van der Waals surface area contributed by atoms with E-state index in [1.807, 2.05) is 45.0 Å². The number of nitrogens with one attached hydrogen (secondary N) is 2. The summed E-state index contributed by atoms with van der Waals surface area (Å²) in [6.07, 6.45) is 3.57. The van der Waals surface area contributed by atoms with Crippen molar-refractivity contribution in [2.75, 3.05) is 18.0 Å². The van der Waals surface area contributed by atoms with Crippen LogP contribution in [0.1, 0.15) is 37.9 Å². The lowest BCUT2D eigenvalue weighted by Crippen LogP contribution is -2.36. The fraction of sp³-hybridized carbons (Fsp3) is 0.444. The number of hydrogen-bond acceptors (Lipinski definition) is 3. The van der Waals surface area contributed by atoms with Gasteiger partial charge in [0, 0.05) is 38.4 Å². The molecule has 2 amide bonds. The number of hydrogen-bond donors (Lipinski definition) is 2. The van der Waals surface area contributed by atoms with Crippen molar-refractivity contribution in [1.82, 2.24) is 20.4 Å². The molecule has 1 atom stereocenters. The molecule has 0 fully saturated rings. The molecule has 136 valence electrons. The Morgan fingerprint density at radius 3 is 2.64 bits per heavy atom. The van der Waals surface area contributed by atoms with Crippen LogP contribution in [0.3, 0.4) is 0 Å². The van der Waals surface area contributed by atoms with Gasteiger partial charge < -0.3 is 15.5 Å². The van der Waals surface area contributed by atoms with Crippen LogP contribution in [0.25, 0.3) is 0 Å². The maximum Gasteiger partial charge on any atom is 0.315 e. The van der Waals surface area contributed by atoms with Crippen LogP contribution >= 0.6 is 0 Å². The zero-order valence-corrected chi connectivity index (χ0v) is 15.2. The molecule has 0 aliphatic carbocycles. The normalized spacial score (nSPS) is 11.9. The second-order valence-electron chi connectivity index (χ2n) is 5.95. The fourth-order valence-electron chi connectivity index (χ4n) is 2.66. The molecule has 0 saturated carbocycles. The van der Waals surface area contributed by atoms with Gasteiger partial charge in [-0.1, -0.05) is 6.07 Å². The van der Waals surface area contributed by atoms with Gasteiger partial charge in [0.2, 0.25) is 0 Å². The first kappa shape index (κ1) is 18.8. The van der Waals surface area contributed by atoms with Gasteiger partial charge in [-0.15, -0.1) is 0 Å². The molecule has 2 N–H and O–H groups in total. The van der Waals surface area contributed by atoms with Gasteiger partial charge in [0.25, 0.3) is 0 Å². The smallest absolute Gasteiger partial charge is 0.315 e. The lowest BCUT2D eigenvalue weighted by atomic mass is 10.1. The molecule has 0 saturated heterocycles. The van der Waals surface area contributed by atoms with E-state index in [1.54, 1.807) is 16.9 Å². The van der Waals surface area contributed by atoms with Crippen LogP contribution in [-0.4, -0.2) is 28.9 Å². The second-order valence-corrected chi connectivity index (χ2v) is 5.95. The van der Waals surface area contributed by atoms with E-state index in [9.17, 15) is 9.18 Å². The molecule has 1 aromatic heterocycles. The third-order valence-electron chi connectivity index (χ3n) is 4.14. The Morgan fingerprint density at radius 1 is 1.36 bits per heavy atom. The van der Waals surface area contributed by atoms with E-state index < -0.39 is 0 Å². The van der Waals surface area contributed by atoms with Crippen molar-refractivity contribution in [3.63, 3.8) is 0 Å². The fourth-order valence-corrected chi connectivity index (χ4v) is 2.66. The number of carbonyl (C=O) groups is 1. The average molecular weight is 347 g/mol. The van der Waals surface area contributed by atoms with Crippen LogP contribution in [0.15, 0.2) is 30.6 Å². The van der Waals surface area contributed by atoms with Gasteiger partial charge in [0.1, 0.15) is 5.82 Å². The first-order valence-corrected chi connectivity index (χ1v) is 8.50. The van der Waals surface area contributed by atoms with Crippen LogP contribution < -0.4 is 15.5 Å². The maximum atomic E-state index is 14.3. The van der Waals surface area contributed by atoms with Crippen molar-refractivity contribution in [3.05, 3.63) is 47.5 Å². The number of aromatic nitrogens is 2. The van der Waals surface area contributed by atoms with Crippen molar-refractivity contribution in [3.8, 4) is 0 Å². The Kier molecular flexibility index (Phi) is 6.38. The molecule has 0 aliphatic rings. The van der Waals surface area contributed by atoms with Crippen molar-refractivity contribution >= 4 is 11.7 Å². The third kappa shape index (κ3) is 4.95. The van der Waals surface area contributed by atoms with Crippen LogP contribution in [-0.2, 0) is 13.6 Å². The molecular formula is C18H26FN5O. The number of amides is 2. The molecule has 1 aromatic carbocycles. The summed E-state index contributed by atoms with van der Waals surface area (Å²) in [4.78, 5) is 14.0. The summed E-state index contributed by atoms with van der Waals surface area (Å²) >= 11 is 0. The highest BCUT2D eigenvalue weighted by molar-refractivity contribution is 5.74. The van der Waals surface area contributed by atoms with Gasteiger partial charge in [-0.3, -0.25) is 4.68 Å². The average Bonchev–Trinajstić information content (AvgIpc) is 3.02. The van der Waals surface area contributed by atoms with Crippen molar-refractivity contribution in [1.29, 1.82) is 0 Å². The second kappa shape index (κ2) is 8.50. The van der Waals surface area contributed by atoms with E-state index in [1.165, 1.54) is 6.07 Å². The molecule has 0 aliphatic heterocycles. The zero-order chi connectivity index (χ0) is 18.4. The van der Waals surface area contributed by atoms with E-state index in [0.717, 1.165) is 24.2 Å². The molecule has 6 nitrogen and oxygen atoms in total. The Bertz CT molecular complexity index is 711. The van der Waals surface area contributed by atoms with Crippen LogP contribution in [0.5, 0.6) is 0 Å². The monoisotopic (exact) mass is 347 g/mol. The van der Waals surface area contributed by atoms with Gasteiger partial charge in [-0.2, -0.15) is 5.10 Å². The Hall–Kier alpha value is -2.57. The van der Waals surface area contributed by atoms with E-state index in [4.69, 9.17) is 0 Å². The van der Waals surface area contributed by atoms with Crippen molar-refractivity contribution in [2.24, 2.45) is 7.05 Å². The third-order valence-corrected chi connectivity index (χ3v) is 4.14. The summed E-state index contributed by atoms with van der Waals surface area (Å²) in [5.41, 5.74) is 2.23. The lowest BCUT2D eigenvalue weighted by molar-refractivity contribution is 0.237. The molecule has 0 bridgehead atoms. The molecule has 0 radical (unpaired) electrons. The zero-order valence-electron chi connectivity index (χ0n) is 15.2. The summed E-state index contributed by atoms with van der Waals surface area (Å²) < 4.78 is 15.9. The van der Waals surface area contributed by atoms with Gasteiger partial charge >= 0.3 is 6.03 Å². The van der Waals surface area contributed by atoms with Crippen LogP contribution in [0.2, 0.25) is 0 Å². The van der Waals surface area contributed by atoms with Gasteiger partial charge in [0.15, 0.2) is 0 Å². The number of benzene rings is 1. The number of nitrogens with zero attached hydrogens (tertiary/aromatic N) is 3. The van der Waals surface area contributed by atoms with E-state index in [-0.39, 0.29) is 24.4 Å². The standard InChI is InChI=1S/C18H26FN5O/c1-5-24(6-2)17-8-7-14(9-16(17)19)10-20-18(25)22-13(3)15-11-21-23(4)12-15/h7-9,11-13H,5-6,10H2,1-4H3,(H2,20,22,25). The highest BCUT2D eigenvalue weighted by atomic mass is 19.1. The van der Waals surface area contributed by atoms with Crippen molar-refractivity contribution < 1.29 is 9.18 Å². The minimum absolute atomic E-state index is 0.157. The lowest BCUT2D eigenvalue weighted by Gasteiger charge is -2.22. The number of aryl methyl sites for hydroxylation is 1. The molecular weight excluding hydrogens is 321 g/mol. The molecule has 25 heavy (non-hydrogen) atoms. The van der Waals surface area contributed by atoms with E-state index >= 15 is 0 Å². The molecule has 0 spiro atoms. The summed E-state index contributed by atoms with van der Waals surface area (Å²) in [6.45, 7) is 7.63. The Morgan fingerprint density at radius 2 is 2.08 bits per heavy atom. The summed E-state index contributed by atoms with van der Waals surface area (Å²) in [6, 6.07) is 4.61. The quantitative estimate of drug-likeness (QED) is 0.809. The number of rotatable bonds is 7. The minimum Gasteiger partial charge on any atom is -0.370 e. The first-order valence-electron chi connectivity index (χ1n) is 8.50. The largest absolute Gasteiger partial charge is 0.370 e. The predicted octanol–water partition coefficient (Wildman–Crippen LogP) is 2.97. The Balaban J connectivity index is 1.90. The highest BCUT2D eigenvalue weighted by Gasteiger charge is 2.12. The minimum atomic E-state index is -0.301. The molecule has 7 heteroatoms. The number of urea groups is 1. The maximum absolute atomic E-state index is 14.3. The van der Waals surface area contributed by atoms with Gasteiger partial charge in [-0.05, 0) is 38.5 Å². The van der Waals surface area contributed by atoms with Gasteiger partial charge in [0.05, 0.1) is 17.9 Å². The van der Waals surface area contributed by atoms with E-state index in [0.29, 0.717) is 5.69 Å². The number of anilines is 1. The van der Waals surface area contributed by atoms with Crippen molar-refractivity contribution in [2.45, 2.75) is 33.4 Å². The van der Waals surface area contributed by atoms with Crippen LogP contribution in [0.4, 0.5) is 14.9 Å². The Labute approximate surface area is 148 Å². The molecule has 2 aromatic rings. The predicted molar refractivity (Wildman–Crippen MR) is 97.0 cm³/mol. The molecule has 1 heterocycles. The van der Waals surface area contributed by atoms with Crippen LogP contribution in [0, 0.1) is 5.82 Å². The van der Waals surface area contributed by atoms with Gasteiger partial charge in [-0.25, -0.2) is 9.18 Å². The summed E-state index contributed by atoms with van der Waals surface area (Å²) in [7, 11) is 1.83. The van der Waals surface area contributed by atoms with E-state index in [2.05, 4.69) is 15.7 Å².